The molecular weight excluding hydrogens is 204 g/mol. The fourth-order valence-electron chi connectivity index (χ4n) is 1.97. The van der Waals surface area contributed by atoms with Crippen molar-refractivity contribution >= 4 is 16.9 Å². The Bertz CT molecular complexity index is 248. The summed E-state index contributed by atoms with van der Waals surface area (Å²) in [6, 6.07) is 0. The van der Waals surface area contributed by atoms with E-state index in [1.165, 1.54) is 43.0 Å². The van der Waals surface area contributed by atoms with Gasteiger partial charge in [-0.15, -0.1) is 0 Å². The van der Waals surface area contributed by atoms with Crippen molar-refractivity contribution in [2.24, 2.45) is 10.9 Å². The van der Waals surface area contributed by atoms with Crippen LogP contribution in [0, 0.1) is 5.92 Å². The molecule has 1 saturated heterocycles. The van der Waals surface area contributed by atoms with Crippen molar-refractivity contribution in [3.05, 3.63) is 0 Å². The van der Waals surface area contributed by atoms with Gasteiger partial charge in [-0.2, -0.15) is 0 Å². The first-order chi connectivity index (χ1) is 7.22. The van der Waals surface area contributed by atoms with Gasteiger partial charge in [-0.25, -0.2) is 0 Å². The molecule has 1 aliphatic heterocycles. The lowest BCUT2D eigenvalue weighted by Gasteiger charge is -2.35. The number of nitrogens with one attached hydrogen (secondary N) is 1. The second-order valence-electron chi connectivity index (χ2n) is 5.08. The molecule has 1 aliphatic carbocycles. The number of nitrogens with zero attached hydrogens (tertiary/aromatic N) is 1. The Labute approximate surface area is 97.3 Å². The third kappa shape index (κ3) is 2.90. The van der Waals surface area contributed by atoms with Gasteiger partial charge >= 0.3 is 0 Å². The second-order valence-corrected chi connectivity index (χ2v) is 6.16. The van der Waals surface area contributed by atoms with Gasteiger partial charge < -0.3 is 5.32 Å². The minimum atomic E-state index is 0.295. The van der Waals surface area contributed by atoms with Crippen molar-refractivity contribution in [1.29, 1.82) is 0 Å². The molecule has 0 aromatic rings. The van der Waals surface area contributed by atoms with E-state index in [2.05, 4.69) is 19.2 Å². The molecule has 1 saturated carbocycles. The molecule has 1 atom stereocenters. The molecule has 2 nitrogen and oxygen atoms in total. The summed E-state index contributed by atoms with van der Waals surface area (Å²) in [4.78, 5) is 4.72. The van der Waals surface area contributed by atoms with Crippen molar-refractivity contribution < 1.29 is 0 Å². The smallest absolute Gasteiger partial charge is 0.156 e. The second kappa shape index (κ2) is 4.77. The fourth-order valence-corrected chi connectivity index (χ4v) is 3.20. The van der Waals surface area contributed by atoms with E-state index in [0.29, 0.717) is 5.54 Å². The first-order valence-electron chi connectivity index (χ1n) is 6.17. The predicted molar refractivity (Wildman–Crippen MR) is 68.5 cm³/mol. The number of hydrogen-bond donors (Lipinski definition) is 1. The largest absolute Gasteiger partial charge is 0.360 e. The van der Waals surface area contributed by atoms with Gasteiger partial charge in [0.25, 0.3) is 0 Å². The first-order valence-corrected chi connectivity index (χ1v) is 7.16. The van der Waals surface area contributed by atoms with Crippen LogP contribution in [-0.4, -0.2) is 23.0 Å². The van der Waals surface area contributed by atoms with E-state index in [0.717, 1.165) is 12.5 Å². The Morgan fingerprint density at radius 3 is 2.93 bits per heavy atom. The lowest BCUT2D eigenvalue weighted by Crippen LogP contribution is -2.48. The Morgan fingerprint density at radius 1 is 1.53 bits per heavy atom. The quantitative estimate of drug-likeness (QED) is 0.800. The zero-order valence-electron chi connectivity index (χ0n) is 9.88. The normalized spacial score (nSPS) is 34.9. The van der Waals surface area contributed by atoms with E-state index in [9.17, 15) is 0 Å². The molecule has 0 spiro atoms. The molecule has 3 heteroatoms. The lowest BCUT2D eigenvalue weighted by atomic mass is 9.86. The van der Waals surface area contributed by atoms with Gasteiger partial charge in [0.05, 0.1) is 0 Å². The summed E-state index contributed by atoms with van der Waals surface area (Å²) in [5.74, 6) is 2.11. The first kappa shape index (κ1) is 11.3. The molecule has 0 amide bonds. The SMILES string of the molecule is CCC1(C)CCSC(=NCC2CCC2)N1. The summed E-state index contributed by atoms with van der Waals surface area (Å²) < 4.78 is 0. The average Bonchev–Trinajstić information content (AvgIpc) is 2.16. The molecule has 0 bridgehead atoms. The zero-order valence-corrected chi connectivity index (χ0v) is 10.7. The molecule has 0 radical (unpaired) electrons. The summed E-state index contributed by atoms with van der Waals surface area (Å²) in [7, 11) is 0. The Hall–Kier alpha value is -0.180. The highest BCUT2D eigenvalue weighted by Crippen LogP contribution is 2.28. The molecule has 1 N–H and O–H groups in total. The van der Waals surface area contributed by atoms with Gasteiger partial charge in [-0.3, -0.25) is 4.99 Å². The van der Waals surface area contributed by atoms with Gasteiger partial charge in [-0.05, 0) is 38.5 Å². The third-order valence-corrected chi connectivity index (χ3v) is 4.71. The summed E-state index contributed by atoms with van der Waals surface area (Å²) in [6.45, 7) is 5.62. The highest BCUT2D eigenvalue weighted by Gasteiger charge is 2.27. The van der Waals surface area contributed by atoms with E-state index in [1.54, 1.807) is 0 Å². The van der Waals surface area contributed by atoms with E-state index in [4.69, 9.17) is 4.99 Å². The number of aliphatic imine (C=N–C) groups is 1. The zero-order chi connectivity index (χ0) is 10.7. The van der Waals surface area contributed by atoms with Gasteiger partial charge in [0, 0.05) is 17.8 Å². The molecule has 1 unspecified atom stereocenters. The van der Waals surface area contributed by atoms with Crippen molar-refractivity contribution in [1.82, 2.24) is 5.32 Å². The van der Waals surface area contributed by atoms with Crippen molar-refractivity contribution in [2.45, 2.75) is 51.5 Å². The van der Waals surface area contributed by atoms with Crippen LogP contribution in [-0.2, 0) is 0 Å². The van der Waals surface area contributed by atoms with Crippen LogP contribution in [0.25, 0.3) is 0 Å². The molecule has 15 heavy (non-hydrogen) atoms. The molecule has 2 rings (SSSR count). The summed E-state index contributed by atoms with van der Waals surface area (Å²) >= 11 is 1.90. The van der Waals surface area contributed by atoms with Crippen LogP contribution in [0.3, 0.4) is 0 Å². The molecular formula is C12H22N2S. The maximum Gasteiger partial charge on any atom is 0.156 e. The maximum atomic E-state index is 4.72. The van der Waals surface area contributed by atoms with Crippen molar-refractivity contribution in [3.8, 4) is 0 Å². The van der Waals surface area contributed by atoms with Crippen LogP contribution in [0.4, 0.5) is 0 Å². The number of amidine groups is 1. The van der Waals surface area contributed by atoms with Crippen LogP contribution in [0.1, 0.15) is 46.0 Å². The van der Waals surface area contributed by atoms with Crippen molar-refractivity contribution in [3.63, 3.8) is 0 Å². The van der Waals surface area contributed by atoms with E-state index >= 15 is 0 Å². The lowest BCUT2D eigenvalue weighted by molar-refractivity contribution is 0.325. The third-order valence-electron chi connectivity index (χ3n) is 3.80. The highest BCUT2D eigenvalue weighted by molar-refractivity contribution is 8.13. The van der Waals surface area contributed by atoms with Gasteiger partial charge in [0.1, 0.15) is 0 Å². The van der Waals surface area contributed by atoms with Crippen molar-refractivity contribution in [2.75, 3.05) is 12.3 Å². The number of hydrogen-bond acceptors (Lipinski definition) is 2. The van der Waals surface area contributed by atoms with Crippen LogP contribution in [0.2, 0.25) is 0 Å². The Kier molecular flexibility index (Phi) is 3.60. The Balaban J connectivity index is 1.85. The van der Waals surface area contributed by atoms with Gasteiger partial charge in [0.15, 0.2) is 5.17 Å². The molecule has 0 aromatic carbocycles. The summed E-state index contributed by atoms with van der Waals surface area (Å²) in [5.41, 5.74) is 0.295. The minimum Gasteiger partial charge on any atom is -0.360 e. The number of thioether (sulfide) groups is 1. The van der Waals surface area contributed by atoms with E-state index < -0.39 is 0 Å². The van der Waals surface area contributed by atoms with Crippen LogP contribution in [0.15, 0.2) is 4.99 Å². The molecule has 1 heterocycles. The van der Waals surface area contributed by atoms with E-state index in [-0.39, 0.29) is 0 Å². The predicted octanol–water partition coefficient (Wildman–Crippen LogP) is 3.04. The van der Waals surface area contributed by atoms with Crippen LogP contribution >= 0.6 is 11.8 Å². The standard InChI is InChI=1S/C12H22N2S/c1-3-12(2)7-8-15-11(14-12)13-9-10-5-4-6-10/h10H,3-9H2,1-2H3,(H,13,14). The minimum absolute atomic E-state index is 0.295. The number of rotatable bonds is 3. The molecule has 0 aromatic heterocycles. The van der Waals surface area contributed by atoms with Crippen LogP contribution in [0.5, 0.6) is 0 Å². The topological polar surface area (TPSA) is 24.4 Å². The molecule has 2 aliphatic rings. The van der Waals surface area contributed by atoms with Gasteiger partial charge in [-0.1, -0.05) is 25.1 Å². The monoisotopic (exact) mass is 226 g/mol. The maximum absolute atomic E-state index is 4.72. The summed E-state index contributed by atoms with van der Waals surface area (Å²) in [6.07, 6.45) is 6.66. The highest BCUT2D eigenvalue weighted by atomic mass is 32.2. The fraction of sp³-hybridized carbons (Fsp3) is 0.917. The van der Waals surface area contributed by atoms with E-state index in [1.807, 2.05) is 11.8 Å². The molecule has 86 valence electrons. The van der Waals surface area contributed by atoms with Crippen LogP contribution < -0.4 is 5.32 Å². The summed E-state index contributed by atoms with van der Waals surface area (Å²) in [5, 5.41) is 4.79. The molecule has 2 fully saturated rings. The Morgan fingerprint density at radius 2 is 2.33 bits per heavy atom. The average molecular weight is 226 g/mol. The van der Waals surface area contributed by atoms with Gasteiger partial charge in [0.2, 0.25) is 0 Å².